The highest BCUT2D eigenvalue weighted by molar-refractivity contribution is 7.89. The Hall–Kier alpha value is -1.74. The second-order valence-electron chi connectivity index (χ2n) is 7.65. The van der Waals surface area contributed by atoms with Gasteiger partial charge in [0.2, 0.25) is 10.0 Å². The Labute approximate surface area is 177 Å². The molecule has 7 nitrogen and oxygen atoms in total. The van der Waals surface area contributed by atoms with E-state index in [-0.39, 0.29) is 9.92 Å². The zero-order valence-corrected chi connectivity index (χ0v) is 18.3. The fourth-order valence-electron chi connectivity index (χ4n) is 4.17. The zero-order valence-electron chi connectivity index (χ0n) is 16.7. The number of aromatic nitrogens is 2. The first-order valence-electron chi connectivity index (χ1n) is 9.94. The summed E-state index contributed by atoms with van der Waals surface area (Å²) in [5, 5.41) is 3.42. The van der Waals surface area contributed by atoms with Gasteiger partial charge >= 0.3 is 0 Å². The summed E-state index contributed by atoms with van der Waals surface area (Å²) in [6.07, 6.45) is 3.33. The van der Waals surface area contributed by atoms with Crippen molar-refractivity contribution in [2.75, 3.05) is 32.5 Å². The van der Waals surface area contributed by atoms with Crippen LogP contribution in [0.15, 0.2) is 29.2 Å². The monoisotopic (exact) mass is 435 g/mol. The standard InChI is InChI=1S/C20H26ClN5O2S/c1-22-19-14-10-12-25(2)13-16(14)23-20(24-19)17-8-5-6-11-26(17)29(27,28)18-9-4-3-7-15(18)21/h3-4,7,9,17H,5-6,8,10-13H2,1-2H3,(H,22,23,24)/t17-/m0/s1. The van der Waals surface area contributed by atoms with Gasteiger partial charge in [-0.1, -0.05) is 30.2 Å². The molecule has 2 aromatic rings. The summed E-state index contributed by atoms with van der Waals surface area (Å²) in [5.41, 5.74) is 2.11. The van der Waals surface area contributed by atoms with Gasteiger partial charge in [0, 0.05) is 32.2 Å². The third-order valence-electron chi connectivity index (χ3n) is 5.69. The molecule has 0 spiro atoms. The van der Waals surface area contributed by atoms with Gasteiger partial charge in [-0.3, -0.25) is 0 Å². The lowest BCUT2D eigenvalue weighted by molar-refractivity contribution is 0.244. The van der Waals surface area contributed by atoms with Crippen molar-refractivity contribution in [1.29, 1.82) is 0 Å². The molecule has 0 unspecified atom stereocenters. The van der Waals surface area contributed by atoms with Gasteiger partial charge in [0.15, 0.2) is 0 Å². The molecule has 29 heavy (non-hydrogen) atoms. The Morgan fingerprint density at radius 3 is 2.72 bits per heavy atom. The molecule has 0 saturated carbocycles. The Balaban J connectivity index is 1.77. The fraction of sp³-hybridized carbons (Fsp3) is 0.500. The summed E-state index contributed by atoms with van der Waals surface area (Å²) >= 11 is 6.23. The maximum absolute atomic E-state index is 13.4. The Kier molecular flexibility index (Phi) is 5.79. The first-order valence-corrected chi connectivity index (χ1v) is 11.8. The van der Waals surface area contributed by atoms with Crippen molar-refractivity contribution in [3.8, 4) is 0 Å². The predicted octanol–water partition coefficient (Wildman–Crippen LogP) is 3.08. The van der Waals surface area contributed by atoms with Gasteiger partial charge in [-0.25, -0.2) is 18.4 Å². The highest BCUT2D eigenvalue weighted by atomic mass is 35.5. The van der Waals surface area contributed by atoms with Gasteiger partial charge in [0.1, 0.15) is 16.5 Å². The predicted molar refractivity (Wildman–Crippen MR) is 114 cm³/mol. The quantitative estimate of drug-likeness (QED) is 0.795. The van der Waals surface area contributed by atoms with E-state index < -0.39 is 16.1 Å². The Morgan fingerprint density at radius 2 is 1.97 bits per heavy atom. The third-order valence-corrected chi connectivity index (χ3v) is 8.09. The molecule has 2 aliphatic heterocycles. The summed E-state index contributed by atoms with van der Waals surface area (Å²) in [6, 6.07) is 6.21. The number of likely N-dealkylation sites (N-methyl/N-ethyl adjacent to an activating group) is 1. The van der Waals surface area contributed by atoms with Crippen LogP contribution in [0.1, 0.15) is 42.4 Å². The van der Waals surface area contributed by atoms with Crippen molar-refractivity contribution >= 4 is 27.4 Å². The molecule has 0 radical (unpaired) electrons. The van der Waals surface area contributed by atoms with Crippen LogP contribution in [0, 0.1) is 0 Å². The topological polar surface area (TPSA) is 78.4 Å². The molecule has 1 aromatic carbocycles. The molecule has 1 fully saturated rings. The lowest BCUT2D eigenvalue weighted by Crippen LogP contribution is -2.40. The minimum absolute atomic E-state index is 0.139. The van der Waals surface area contributed by atoms with E-state index >= 15 is 0 Å². The summed E-state index contributed by atoms with van der Waals surface area (Å²) < 4.78 is 28.4. The molecule has 4 rings (SSSR count). The number of benzene rings is 1. The molecular weight excluding hydrogens is 410 g/mol. The smallest absolute Gasteiger partial charge is 0.245 e. The number of rotatable bonds is 4. The largest absolute Gasteiger partial charge is 0.373 e. The number of halogens is 1. The van der Waals surface area contributed by atoms with Crippen molar-refractivity contribution < 1.29 is 8.42 Å². The maximum Gasteiger partial charge on any atom is 0.245 e. The van der Waals surface area contributed by atoms with E-state index in [1.165, 1.54) is 4.31 Å². The van der Waals surface area contributed by atoms with E-state index in [1.54, 1.807) is 24.3 Å². The summed E-state index contributed by atoms with van der Waals surface area (Å²) in [7, 11) is 0.168. The highest BCUT2D eigenvalue weighted by Gasteiger charge is 2.37. The minimum atomic E-state index is -3.75. The van der Waals surface area contributed by atoms with Crippen LogP contribution in [0.4, 0.5) is 5.82 Å². The number of piperidine rings is 1. The van der Waals surface area contributed by atoms with Gasteiger partial charge in [0.25, 0.3) is 0 Å². The van der Waals surface area contributed by atoms with Crippen LogP contribution in [-0.4, -0.2) is 54.8 Å². The number of nitrogens with one attached hydrogen (secondary N) is 1. The summed E-state index contributed by atoms with van der Waals surface area (Å²) in [6.45, 7) is 2.14. The van der Waals surface area contributed by atoms with Gasteiger partial charge in [-0.2, -0.15) is 4.31 Å². The molecule has 156 valence electrons. The molecule has 9 heteroatoms. The van der Waals surface area contributed by atoms with Crippen molar-refractivity contribution in [1.82, 2.24) is 19.2 Å². The Bertz CT molecular complexity index is 1010. The van der Waals surface area contributed by atoms with Gasteiger partial charge in [-0.05, 0) is 38.4 Å². The van der Waals surface area contributed by atoms with E-state index in [2.05, 4.69) is 17.3 Å². The van der Waals surface area contributed by atoms with Crippen LogP contribution in [0.3, 0.4) is 0 Å². The van der Waals surface area contributed by atoms with E-state index in [9.17, 15) is 8.42 Å². The van der Waals surface area contributed by atoms with Crippen LogP contribution in [0.2, 0.25) is 5.02 Å². The van der Waals surface area contributed by atoms with Gasteiger partial charge < -0.3 is 10.2 Å². The number of anilines is 1. The second-order valence-corrected chi connectivity index (χ2v) is 9.92. The average molecular weight is 436 g/mol. The minimum Gasteiger partial charge on any atom is -0.373 e. The SMILES string of the molecule is CNc1nc([C@@H]2CCCCN2S(=O)(=O)c2ccccc2Cl)nc2c1CCN(C)C2. The molecule has 1 aromatic heterocycles. The molecule has 2 aliphatic rings. The fourth-order valence-corrected chi connectivity index (χ4v) is 6.32. The summed E-state index contributed by atoms with van der Waals surface area (Å²) in [5.74, 6) is 1.37. The number of fused-ring (bicyclic) bond motifs is 1. The number of sulfonamides is 1. The van der Waals surface area contributed by atoms with E-state index in [0.717, 1.165) is 49.4 Å². The Morgan fingerprint density at radius 1 is 1.17 bits per heavy atom. The van der Waals surface area contributed by atoms with Crippen LogP contribution >= 0.6 is 11.6 Å². The molecule has 3 heterocycles. The van der Waals surface area contributed by atoms with Crippen molar-refractivity contribution in [3.05, 3.63) is 46.4 Å². The van der Waals surface area contributed by atoms with Crippen molar-refractivity contribution in [2.45, 2.75) is 43.2 Å². The lowest BCUT2D eigenvalue weighted by Gasteiger charge is -2.35. The van der Waals surface area contributed by atoms with Crippen molar-refractivity contribution in [2.24, 2.45) is 0 Å². The van der Waals surface area contributed by atoms with Gasteiger partial charge in [0.05, 0.1) is 16.8 Å². The number of hydrogen-bond acceptors (Lipinski definition) is 6. The molecule has 0 bridgehead atoms. The second kappa shape index (κ2) is 8.18. The number of nitrogens with zero attached hydrogens (tertiary/aromatic N) is 4. The molecule has 1 atom stereocenters. The van der Waals surface area contributed by atoms with Crippen LogP contribution in [0.5, 0.6) is 0 Å². The average Bonchev–Trinajstić information content (AvgIpc) is 2.72. The van der Waals surface area contributed by atoms with E-state index in [1.807, 2.05) is 7.05 Å². The van der Waals surface area contributed by atoms with E-state index in [4.69, 9.17) is 21.6 Å². The first kappa shape index (κ1) is 20.5. The third kappa shape index (κ3) is 3.86. The molecule has 1 N–H and O–H groups in total. The maximum atomic E-state index is 13.4. The number of hydrogen-bond donors (Lipinski definition) is 1. The highest BCUT2D eigenvalue weighted by Crippen LogP contribution is 2.37. The van der Waals surface area contributed by atoms with Crippen molar-refractivity contribution in [3.63, 3.8) is 0 Å². The molecule has 1 saturated heterocycles. The van der Waals surface area contributed by atoms with Crippen LogP contribution in [-0.2, 0) is 23.0 Å². The van der Waals surface area contributed by atoms with E-state index in [0.29, 0.717) is 18.8 Å². The molecule has 0 amide bonds. The lowest BCUT2D eigenvalue weighted by atomic mass is 10.0. The first-order chi connectivity index (χ1) is 13.9. The molecule has 0 aliphatic carbocycles. The summed E-state index contributed by atoms with van der Waals surface area (Å²) in [4.78, 5) is 12.0. The van der Waals surface area contributed by atoms with Gasteiger partial charge in [-0.15, -0.1) is 0 Å². The van der Waals surface area contributed by atoms with Crippen LogP contribution in [0.25, 0.3) is 0 Å². The zero-order chi connectivity index (χ0) is 20.6. The van der Waals surface area contributed by atoms with Crippen LogP contribution < -0.4 is 5.32 Å². The molecular formula is C20H26ClN5O2S. The normalized spacial score (nSPS) is 21.0.